The second-order valence-electron chi connectivity index (χ2n) is 7.50. The molecule has 0 amide bonds. The molecule has 0 radical (unpaired) electrons. The minimum Gasteiger partial charge on any atom is -0.315 e. The summed E-state index contributed by atoms with van der Waals surface area (Å²) in [7, 11) is 0. The molecule has 4 aliphatic heterocycles. The van der Waals surface area contributed by atoms with E-state index < -0.39 is 0 Å². The summed E-state index contributed by atoms with van der Waals surface area (Å²) in [5.41, 5.74) is 1.28. The summed E-state index contributed by atoms with van der Waals surface area (Å²) < 4.78 is 0. The van der Waals surface area contributed by atoms with Crippen LogP contribution >= 0.6 is 11.8 Å². The molecule has 4 saturated heterocycles. The second kappa shape index (κ2) is 4.62. The molecule has 0 saturated carbocycles. The molecule has 0 bridgehead atoms. The molecule has 4 heteroatoms. The van der Waals surface area contributed by atoms with Crippen molar-refractivity contribution in [1.29, 1.82) is 0 Å². The minimum atomic E-state index is 0.632. The molecule has 108 valence electrons. The van der Waals surface area contributed by atoms with Gasteiger partial charge in [0, 0.05) is 55.3 Å². The molecule has 2 N–H and O–H groups in total. The van der Waals surface area contributed by atoms with Crippen LogP contribution in [-0.2, 0) is 0 Å². The van der Waals surface area contributed by atoms with E-state index in [1.807, 2.05) is 0 Å². The second-order valence-corrected chi connectivity index (χ2v) is 8.74. The highest BCUT2D eigenvalue weighted by atomic mass is 32.2. The summed E-state index contributed by atoms with van der Waals surface area (Å²) >= 11 is 2.26. The Bertz CT molecular complexity index is 351. The number of hydrogen-bond donors (Lipinski definition) is 2. The summed E-state index contributed by atoms with van der Waals surface area (Å²) in [6, 6.07) is 0. The first-order valence-electron chi connectivity index (χ1n) is 7.98. The highest BCUT2D eigenvalue weighted by molar-refractivity contribution is 8.00. The van der Waals surface area contributed by atoms with Crippen molar-refractivity contribution in [2.75, 3.05) is 51.6 Å². The Morgan fingerprint density at radius 2 is 2.00 bits per heavy atom. The van der Waals surface area contributed by atoms with E-state index in [9.17, 15) is 0 Å². The lowest BCUT2D eigenvalue weighted by atomic mass is 9.69. The Morgan fingerprint density at radius 3 is 2.63 bits per heavy atom. The van der Waals surface area contributed by atoms with Crippen LogP contribution in [0.15, 0.2) is 0 Å². The molecule has 0 aromatic heterocycles. The zero-order chi connectivity index (χ0) is 12.9. The van der Waals surface area contributed by atoms with Crippen molar-refractivity contribution in [3.8, 4) is 0 Å². The zero-order valence-corrected chi connectivity index (χ0v) is 12.9. The fraction of sp³-hybridized carbons (Fsp3) is 1.00. The molecule has 4 rings (SSSR count). The van der Waals surface area contributed by atoms with Crippen molar-refractivity contribution < 1.29 is 0 Å². The molecule has 0 aromatic carbocycles. The third-order valence-electron chi connectivity index (χ3n) is 6.24. The highest BCUT2D eigenvalue weighted by Crippen LogP contribution is 2.50. The highest BCUT2D eigenvalue weighted by Gasteiger charge is 2.53. The van der Waals surface area contributed by atoms with Crippen LogP contribution in [0, 0.1) is 16.7 Å². The van der Waals surface area contributed by atoms with E-state index in [1.165, 1.54) is 64.4 Å². The topological polar surface area (TPSA) is 27.3 Å². The first-order chi connectivity index (χ1) is 9.23. The summed E-state index contributed by atoms with van der Waals surface area (Å²) in [6.45, 7) is 11.6. The van der Waals surface area contributed by atoms with Gasteiger partial charge in [0.15, 0.2) is 0 Å². The van der Waals surface area contributed by atoms with Crippen LogP contribution < -0.4 is 10.6 Å². The third-order valence-corrected chi connectivity index (χ3v) is 7.96. The van der Waals surface area contributed by atoms with E-state index in [0.717, 1.165) is 11.2 Å². The van der Waals surface area contributed by atoms with Crippen molar-refractivity contribution in [2.45, 2.75) is 25.0 Å². The number of hydrogen-bond acceptors (Lipinski definition) is 4. The number of nitrogens with one attached hydrogen (secondary N) is 2. The lowest BCUT2D eigenvalue weighted by molar-refractivity contribution is 0.0252. The van der Waals surface area contributed by atoms with Crippen LogP contribution in [0.4, 0.5) is 0 Å². The van der Waals surface area contributed by atoms with Gasteiger partial charge < -0.3 is 15.5 Å². The molecule has 2 spiro atoms. The van der Waals surface area contributed by atoms with Crippen molar-refractivity contribution in [2.24, 2.45) is 16.7 Å². The first kappa shape index (κ1) is 12.9. The average Bonchev–Trinajstić information content (AvgIpc) is 2.64. The minimum absolute atomic E-state index is 0.632. The molecule has 0 aromatic rings. The molecule has 1 unspecified atom stereocenters. The number of likely N-dealkylation sites (tertiary alicyclic amines) is 1. The number of piperidine rings is 1. The lowest BCUT2D eigenvalue weighted by Gasteiger charge is -2.52. The summed E-state index contributed by atoms with van der Waals surface area (Å²) in [4.78, 5) is 2.79. The van der Waals surface area contributed by atoms with Crippen LogP contribution in [0.2, 0.25) is 0 Å². The summed E-state index contributed by atoms with van der Waals surface area (Å²) in [5, 5.41) is 7.91. The van der Waals surface area contributed by atoms with Crippen molar-refractivity contribution in [1.82, 2.24) is 15.5 Å². The van der Waals surface area contributed by atoms with E-state index in [0.29, 0.717) is 10.8 Å². The summed E-state index contributed by atoms with van der Waals surface area (Å²) in [5.74, 6) is 2.29. The maximum absolute atomic E-state index is 3.54. The van der Waals surface area contributed by atoms with Crippen LogP contribution in [0.1, 0.15) is 19.8 Å². The van der Waals surface area contributed by atoms with Crippen molar-refractivity contribution >= 4 is 11.8 Å². The lowest BCUT2D eigenvalue weighted by Crippen LogP contribution is -2.64. The van der Waals surface area contributed by atoms with Gasteiger partial charge in [0.05, 0.1) is 0 Å². The van der Waals surface area contributed by atoms with Crippen LogP contribution in [0.25, 0.3) is 0 Å². The largest absolute Gasteiger partial charge is 0.315 e. The van der Waals surface area contributed by atoms with Gasteiger partial charge in [0.1, 0.15) is 0 Å². The molecule has 0 aliphatic carbocycles. The molecular formula is C15H27N3S. The van der Waals surface area contributed by atoms with Crippen LogP contribution in [0.3, 0.4) is 0 Å². The normalized spacial score (nSPS) is 40.3. The third kappa shape index (κ3) is 1.98. The number of thioether (sulfide) groups is 1. The molecular weight excluding hydrogens is 254 g/mol. The van der Waals surface area contributed by atoms with E-state index in [2.05, 4.69) is 34.2 Å². The molecule has 19 heavy (non-hydrogen) atoms. The Kier molecular flexibility index (Phi) is 3.14. The fourth-order valence-corrected chi connectivity index (χ4v) is 6.50. The standard InChI is InChI=1S/C15H27N3S/c1-12-6-19-13(15(12)9-17-10-15)5-18-4-2-3-14(11-18)7-16-8-14/h12-13,16-17H,2-11H2,1H3/t12-,13?/m1/s1. The maximum Gasteiger partial charge on any atom is 0.0258 e. The Balaban J connectivity index is 1.41. The Labute approximate surface area is 121 Å². The van der Waals surface area contributed by atoms with Gasteiger partial charge in [-0.05, 0) is 31.1 Å². The van der Waals surface area contributed by atoms with Gasteiger partial charge in [-0.1, -0.05) is 6.92 Å². The van der Waals surface area contributed by atoms with Gasteiger partial charge in [0.2, 0.25) is 0 Å². The molecule has 4 heterocycles. The number of nitrogens with zero attached hydrogens (tertiary/aromatic N) is 1. The predicted molar refractivity (Wildman–Crippen MR) is 81.7 cm³/mol. The SMILES string of the molecule is C[C@@H]1CSC(CN2CCCC3(CNC3)C2)C12CNC2. The molecule has 3 nitrogen and oxygen atoms in total. The number of rotatable bonds is 2. The van der Waals surface area contributed by atoms with E-state index in [4.69, 9.17) is 0 Å². The van der Waals surface area contributed by atoms with Gasteiger partial charge in [-0.2, -0.15) is 11.8 Å². The van der Waals surface area contributed by atoms with Gasteiger partial charge in [-0.15, -0.1) is 0 Å². The predicted octanol–water partition coefficient (Wildman–Crippen LogP) is 1.01. The van der Waals surface area contributed by atoms with Crippen LogP contribution in [0.5, 0.6) is 0 Å². The van der Waals surface area contributed by atoms with Crippen molar-refractivity contribution in [3.05, 3.63) is 0 Å². The van der Waals surface area contributed by atoms with Gasteiger partial charge >= 0.3 is 0 Å². The van der Waals surface area contributed by atoms with E-state index >= 15 is 0 Å². The Hall–Kier alpha value is 0.230. The zero-order valence-electron chi connectivity index (χ0n) is 12.1. The molecule has 2 atom stereocenters. The van der Waals surface area contributed by atoms with E-state index in [-0.39, 0.29) is 0 Å². The fourth-order valence-electron chi connectivity index (χ4n) is 4.60. The Morgan fingerprint density at radius 1 is 1.21 bits per heavy atom. The van der Waals surface area contributed by atoms with E-state index in [1.54, 1.807) is 0 Å². The summed E-state index contributed by atoms with van der Waals surface area (Å²) in [6.07, 6.45) is 2.87. The smallest absolute Gasteiger partial charge is 0.0258 e. The van der Waals surface area contributed by atoms with Gasteiger partial charge in [0.25, 0.3) is 0 Å². The van der Waals surface area contributed by atoms with Gasteiger partial charge in [-0.3, -0.25) is 0 Å². The van der Waals surface area contributed by atoms with Crippen LogP contribution in [-0.4, -0.2) is 61.7 Å². The quantitative estimate of drug-likeness (QED) is 0.790. The van der Waals surface area contributed by atoms with Gasteiger partial charge in [-0.25, -0.2) is 0 Å². The first-order valence-corrected chi connectivity index (χ1v) is 9.03. The molecule has 4 fully saturated rings. The maximum atomic E-state index is 3.54. The average molecular weight is 281 g/mol. The molecule has 4 aliphatic rings. The monoisotopic (exact) mass is 281 g/mol. The van der Waals surface area contributed by atoms with Crippen molar-refractivity contribution in [3.63, 3.8) is 0 Å².